The molecule has 2 aromatic carbocycles. The maximum absolute atomic E-state index is 13.4. The van der Waals surface area contributed by atoms with E-state index in [9.17, 15) is 9.18 Å². The number of para-hydroxylation sites is 1. The molecule has 0 aromatic heterocycles. The fourth-order valence-electron chi connectivity index (χ4n) is 1.49. The third kappa shape index (κ3) is 2.60. The van der Waals surface area contributed by atoms with Crippen LogP contribution in [0.4, 0.5) is 15.8 Å². The zero-order chi connectivity index (χ0) is 13.1. The number of amides is 1. The quantitative estimate of drug-likeness (QED) is 0.818. The van der Waals surface area contributed by atoms with Gasteiger partial charge in [0.15, 0.2) is 0 Å². The topological polar surface area (TPSA) is 55.1 Å². The van der Waals surface area contributed by atoms with Gasteiger partial charge in [-0.3, -0.25) is 4.79 Å². The highest BCUT2D eigenvalue weighted by Gasteiger charge is 2.11. The zero-order valence-electron chi connectivity index (χ0n) is 9.28. The normalized spacial score (nSPS) is 10.1. The summed E-state index contributed by atoms with van der Waals surface area (Å²) < 4.78 is 13.4. The van der Waals surface area contributed by atoms with E-state index >= 15 is 0 Å². The van der Waals surface area contributed by atoms with Crippen molar-refractivity contribution < 1.29 is 9.18 Å². The van der Waals surface area contributed by atoms with Gasteiger partial charge in [-0.2, -0.15) is 0 Å². The predicted octanol–water partition coefficient (Wildman–Crippen LogP) is 3.31. The minimum absolute atomic E-state index is 0.108. The molecular weight excluding hydrogens is 255 g/mol. The average Bonchev–Trinajstić information content (AvgIpc) is 2.32. The van der Waals surface area contributed by atoms with Crippen LogP contribution in [0.3, 0.4) is 0 Å². The highest BCUT2D eigenvalue weighted by molar-refractivity contribution is 6.31. The Kier molecular flexibility index (Phi) is 3.48. The summed E-state index contributed by atoms with van der Waals surface area (Å²) in [6.45, 7) is 0. The number of carbonyl (C=O) groups excluding carboxylic acids is 1. The number of rotatable bonds is 2. The molecule has 0 spiro atoms. The van der Waals surface area contributed by atoms with Crippen molar-refractivity contribution in [3.05, 3.63) is 58.9 Å². The summed E-state index contributed by atoms with van der Waals surface area (Å²) in [6, 6.07) is 10.4. The molecular formula is C13H10ClFN2O. The van der Waals surface area contributed by atoms with Crippen molar-refractivity contribution in [2.24, 2.45) is 0 Å². The Labute approximate surface area is 108 Å². The van der Waals surface area contributed by atoms with Crippen LogP contribution in [0.1, 0.15) is 10.4 Å². The van der Waals surface area contributed by atoms with Crippen LogP contribution < -0.4 is 11.1 Å². The van der Waals surface area contributed by atoms with Crippen LogP contribution in [-0.2, 0) is 0 Å². The Hall–Kier alpha value is -2.07. The first-order chi connectivity index (χ1) is 8.58. The van der Waals surface area contributed by atoms with Gasteiger partial charge >= 0.3 is 0 Å². The summed E-state index contributed by atoms with van der Waals surface area (Å²) in [4.78, 5) is 11.9. The summed E-state index contributed by atoms with van der Waals surface area (Å²) in [5.41, 5.74) is 6.28. The monoisotopic (exact) mass is 264 g/mol. The second kappa shape index (κ2) is 5.06. The molecule has 0 unspecified atom stereocenters. The molecule has 3 nitrogen and oxygen atoms in total. The summed E-state index contributed by atoms with van der Waals surface area (Å²) in [5, 5.41) is 2.89. The largest absolute Gasteiger partial charge is 0.398 e. The van der Waals surface area contributed by atoms with Crippen molar-refractivity contribution in [2.45, 2.75) is 0 Å². The first kappa shape index (κ1) is 12.4. The predicted molar refractivity (Wildman–Crippen MR) is 70.2 cm³/mol. The van der Waals surface area contributed by atoms with E-state index in [4.69, 9.17) is 17.3 Å². The van der Waals surface area contributed by atoms with Crippen molar-refractivity contribution in [1.82, 2.24) is 0 Å². The maximum atomic E-state index is 13.4. The van der Waals surface area contributed by atoms with E-state index in [0.717, 1.165) is 0 Å². The van der Waals surface area contributed by atoms with Gasteiger partial charge in [0.1, 0.15) is 5.82 Å². The van der Waals surface area contributed by atoms with Gasteiger partial charge in [0.05, 0.1) is 11.3 Å². The molecule has 2 rings (SSSR count). The molecule has 0 aliphatic heterocycles. The summed E-state index contributed by atoms with van der Waals surface area (Å²) in [5.74, 6) is -0.979. The van der Waals surface area contributed by atoms with Crippen molar-refractivity contribution in [1.29, 1.82) is 0 Å². The van der Waals surface area contributed by atoms with E-state index in [1.165, 1.54) is 24.3 Å². The Balaban J connectivity index is 2.25. The average molecular weight is 265 g/mol. The van der Waals surface area contributed by atoms with Crippen LogP contribution >= 0.6 is 11.6 Å². The van der Waals surface area contributed by atoms with Gasteiger partial charge in [-0.05, 0) is 30.3 Å². The van der Waals surface area contributed by atoms with Crippen LogP contribution in [-0.4, -0.2) is 5.91 Å². The van der Waals surface area contributed by atoms with E-state index in [0.29, 0.717) is 5.02 Å². The highest BCUT2D eigenvalue weighted by atomic mass is 35.5. The van der Waals surface area contributed by atoms with Crippen molar-refractivity contribution >= 4 is 28.9 Å². The Morgan fingerprint density at radius 1 is 1.22 bits per heavy atom. The molecule has 0 heterocycles. The lowest BCUT2D eigenvalue weighted by Crippen LogP contribution is -2.14. The molecule has 0 radical (unpaired) electrons. The number of nitrogens with one attached hydrogen (secondary N) is 1. The van der Waals surface area contributed by atoms with Crippen LogP contribution in [0, 0.1) is 5.82 Å². The van der Waals surface area contributed by atoms with Gasteiger partial charge in [0.25, 0.3) is 5.91 Å². The van der Waals surface area contributed by atoms with E-state index in [1.807, 2.05) is 0 Å². The molecule has 0 saturated carbocycles. The lowest BCUT2D eigenvalue weighted by atomic mass is 10.1. The van der Waals surface area contributed by atoms with Gasteiger partial charge in [-0.15, -0.1) is 0 Å². The first-order valence-electron chi connectivity index (χ1n) is 5.19. The summed E-state index contributed by atoms with van der Waals surface area (Å²) in [6.07, 6.45) is 0. The molecule has 0 atom stereocenters. The second-order valence-electron chi connectivity index (χ2n) is 3.67. The number of benzene rings is 2. The van der Waals surface area contributed by atoms with Gasteiger partial charge in [0, 0.05) is 10.7 Å². The maximum Gasteiger partial charge on any atom is 0.257 e. The number of anilines is 2. The van der Waals surface area contributed by atoms with Gasteiger partial charge in [-0.25, -0.2) is 4.39 Å². The van der Waals surface area contributed by atoms with E-state index in [-0.39, 0.29) is 16.9 Å². The summed E-state index contributed by atoms with van der Waals surface area (Å²) in [7, 11) is 0. The molecule has 5 heteroatoms. The number of carbonyl (C=O) groups is 1. The molecule has 1 amide bonds. The first-order valence-corrected chi connectivity index (χ1v) is 5.56. The molecule has 92 valence electrons. The van der Waals surface area contributed by atoms with Crippen LogP contribution in [0.15, 0.2) is 42.5 Å². The highest BCUT2D eigenvalue weighted by Crippen LogP contribution is 2.20. The molecule has 0 aliphatic rings. The number of halogens is 2. The number of hydrogen-bond donors (Lipinski definition) is 2. The van der Waals surface area contributed by atoms with Crippen molar-refractivity contribution in [2.75, 3.05) is 11.1 Å². The minimum atomic E-state index is -0.501. The van der Waals surface area contributed by atoms with Gasteiger partial charge < -0.3 is 11.1 Å². The molecule has 0 fully saturated rings. The van der Waals surface area contributed by atoms with Crippen LogP contribution in [0.5, 0.6) is 0 Å². The summed E-state index contributed by atoms with van der Waals surface area (Å²) >= 11 is 5.74. The third-order valence-electron chi connectivity index (χ3n) is 2.38. The lowest BCUT2D eigenvalue weighted by Gasteiger charge is -2.08. The van der Waals surface area contributed by atoms with Gasteiger partial charge in [-0.1, -0.05) is 23.7 Å². The zero-order valence-corrected chi connectivity index (χ0v) is 10.0. The van der Waals surface area contributed by atoms with Crippen molar-refractivity contribution in [3.63, 3.8) is 0 Å². The minimum Gasteiger partial charge on any atom is -0.398 e. The lowest BCUT2D eigenvalue weighted by molar-refractivity contribution is 0.102. The standard InChI is InChI=1S/C13H10ClFN2O/c14-8-5-6-9(11(16)7-8)13(18)17-12-4-2-1-3-10(12)15/h1-7H,16H2,(H,17,18). The van der Waals surface area contributed by atoms with Crippen molar-refractivity contribution in [3.8, 4) is 0 Å². The van der Waals surface area contributed by atoms with E-state index in [2.05, 4.69) is 5.32 Å². The van der Waals surface area contributed by atoms with Crippen LogP contribution in [0.2, 0.25) is 5.02 Å². The number of hydrogen-bond acceptors (Lipinski definition) is 2. The third-order valence-corrected chi connectivity index (χ3v) is 2.62. The Morgan fingerprint density at radius 3 is 2.61 bits per heavy atom. The van der Waals surface area contributed by atoms with E-state index in [1.54, 1.807) is 18.2 Å². The molecule has 0 bridgehead atoms. The Bertz CT molecular complexity index is 601. The fraction of sp³-hybridized carbons (Fsp3) is 0. The molecule has 2 aromatic rings. The number of nitrogens with two attached hydrogens (primary N) is 1. The molecule has 3 N–H and O–H groups in total. The fourth-order valence-corrected chi connectivity index (χ4v) is 1.67. The SMILES string of the molecule is Nc1cc(Cl)ccc1C(=O)Nc1ccccc1F. The smallest absolute Gasteiger partial charge is 0.257 e. The number of nitrogen functional groups attached to an aromatic ring is 1. The Morgan fingerprint density at radius 2 is 1.94 bits per heavy atom. The molecule has 18 heavy (non-hydrogen) atoms. The second-order valence-corrected chi connectivity index (χ2v) is 4.10. The van der Waals surface area contributed by atoms with Gasteiger partial charge in [0.2, 0.25) is 0 Å². The molecule has 0 aliphatic carbocycles. The van der Waals surface area contributed by atoms with Crippen LogP contribution in [0.25, 0.3) is 0 Å². The molecule has 0 saturated heterocycles. The van der Waals surface area contributed by atoms with E-state index < -0.39 is 11.7 Å².